The van der Waals surface area contributed by atoms with Gasteiger partial charge in [-0.3, -0.25) is 48.3 Å². The topological polar surface area (TPSA) is 163 Å². The summed E-state index contributed by atoms with van der Waals surface area (Å²) in [6, 6.07) is 5.77. The normalized spacial score (nSPS) is 22.4. The van der Waals surface area contributed by atoms with Crippen LogP contribution in [-0.2, 0) is 58.7 Å². The fourth-order valence-corrected chi connectivity index (χ4v) is 10.4. The van der Waals surface area contributed by atoms with Crippen molar-refractivity contribution in [3.8, 4) is 11.1 Å². The van der Waals surface area contributed by atoms with Gasteiger partial charge in [0.05, 0.1) is 29.9 Å². The van der Waals surface area contributed by atoms with E-state index >= 15 is 0 Å². The van der Waals surface area contributed by atoms with Crippen LogP contribution in [0.25, 0.3) is 11.1 Å². The number of aromatic nitrogens is 4. The molecule has 1 saturated carbocycles. The van der Waals surface area contributed by atoms with Crippen LogP contribution in [0.2, 0.25) is 0 Å². The lowest BCUT2D eigenvalue weighted by Gasteiger charge is -2.33. The molecule has 2 fully saturated rings. The predicted molar refractivity (Wildman–Crippen MR) is 214 cm³/mol. The molecule has 2 aromatic heterocycles. The molecule has 6 amide bonds. The molecule has 1 aliphatic carbocycles. The minimum atomic E-state index is -2.71. The molecule has 0 radical (unpaired) electrons. The van der Waals surface area contributed by atoms with E-state index in [2.05, 4.69) is 20.0 Å². The van der Waals surface area contributed by atoms with Crippen LogP contribution in [-0.4, -0.2) is 88.8 Å². The highest BCUT2D eigenvalue weighted by Gasteiger charge is 2.46. The van der Waals surface area contributed by atoms with Crippen molar-refractivity contribution in [2.24, 2.45) is 13.0 Å². The molecule has 1 unspecified atom stereocenters. The van der Waals surface area contributed by atoms with Crippen molar-refractivity contribution >= 4 is 46.9 Å². The van der Waals surface area contributed by atoms with Gasteiger partial charge in [-0.05, 0) is 91.5 Å². The van der Waals surface area contributed by atoms with Gasteiger partial charge in [-0.1, -0.05) is 0 Å². The maximum absolute atomic E-state index is 14.7. The van der Waals surface area contributed by atoms with Crippen molar-refractivity contribution in [3.63, 3.8) is 0 Å². The zero-order chi connectivity index (χ0) is 42.4. The van der Waals surface area contributed by atoms with Gasteiger partial charge in [0.2, 0.25) is 23.6 Å². The SMILES string of the molecule is CC(=O)N1CCc2c(c(N3CCCc4cc(-c5cnn(C)c5)c(C(F)F)cc43)nn2C2CCC(C(=O)N3Cc4cc5c(cc4C3)C(=O)N(C3CCC(=O)NC3=O)C5=O)CC2)C1. The molecule has 10 rings (SSSR count). The number of imide groups is 2. The third-order valence-electron chi connectivity index (χ3n) is 13.6. The van der Waals surface area contributed by atoms with E-state index in [1.807, 2.05) is 6.07 Å². The monoisotopic (exact) mass is 833 g/mol. The highest BCUT2D eigenvalue weighted by Crippen LogP contribution is 2.45. The van der Waals surface area contributed by atoms with Crippen molar-refractivity contribution in [1.29, 1.82) is 0 Å². The van der Waals surface area contributed by atoms with Crippen molar-refractivity contribution in [2.75, 3.05) is 18.0 Å². The average molecular weight is 834 g/mol. The first-order valence-electron chi connectivity index (χ1n) is 21.1. The molecule has 316 valence electrons. The van der Waals surface area contributed by atoms with Gasteiger partial charge in [-0.15, -0.1) is 0 Å². The number of benzene rings is 2. The number of amides is 6. The number of aryl methyl sites for hydroxylation is 2. The number of hydrogen-bond acceptors (Lipinski definition) is 9. The van der Waals surface area contributed by atoms with Crippen LogP contribution >= 0.6 is 0 Å². The molecule has 6 aliphatic rings. The molecular formula is C44H45F2N9O6. The molecule has 0 spiro atoms. The molecule has 17 heteroatoms. The number of carbonyl (C=O) groups excluding carboxylic acids is 6. The number of nitrogens with one attached hydrogen (secondary N) is 1. The number of rotatable bonds is 6. The van der Waals surface area contributed by atoms with Crippen LogP contribution in [0.3, 0.4) is 0 Å². The summed E-state index contributed by atoms with van der Waals surface area (Å²) < 4.78 is 33.1. The van der Waals surface area contributed by atoms with E-state index in [9.17, 15) is 37.5 Å². The summed E-state index contributed by atoms with van der Waals surface area (Å²) in [4.78, 5) is 84.4. The quantitative estimate of drug-likeness (QED) is 0.267. The summed E-state index contributed by atoms with van der Waals surface area (Å²) in [6.45, 7) is 3.68. The Kier molecular flexibility index (Phi) is 9.40. The van der Waals surface area contributed by atoms with Crippen LogP contribution < -0.4 is 10.2 Å². The van der Waals surface area contributed by atoms with Gasteiger partial charge < -0.3 is 14.7 Å². The van der Waals surface area contributed by atoms with Crippen LogP contribution in [0.4, 0.5) is 20.3 Å². The molecule has 2 aromatic carbocycles. The number of carbonyl (C=O) groups is 6. The average Bonchev–Trinajstić information content (AvgIpc) is 4.03. The lowest BCUT2D eigenvalue weighted by atomic mass is 9.85. The summed E-state index contributed by atoms with van der Waals surface area (Å²) in [5, 5.41) is 11.7. The van der Waals surface area contributed by atoms with E-state index in [0.717, 1.165) is 45.7 Å². The lowest BCUT2D eigenvalue weighted by Crippen LogP contribution is -2.54. The zero-order valence-electron chi connectivity index (χ0n) is 34.0. The maximum atomic E-state index is 14.7. The number of alkyl halides is 2. The Bertz CT molecular complexity index is 2530. The van der Waals surface area contributed by atoms with E-state index in [0.29, 0.717) is 87.5 Å². The Balaban J connectivity index is 0.867. The summed E-state index contributed by atoms with van der Waals surface area (Å²) in [5.41, 5.74) is 6.65. The van der Waals surface area contributed by atoms with Gasteiger partial charge in [0.25, 0.3) is 18.2 Å². The van der Waals surface area contributed by atoms with E-state index in [1.165, 1.54) is 0 Å². The van der Waals surface area contributed by atoms with E-state index in [1.54, 1.807) is 59.0 Å². The third-order valence-corrected chi connectivity index (χ3v) is 13.6. The van der Waals surface area contributed by atoms with Crippen molar-refractivity contribution < 1.29 is 37.5 Å². The van der Waals surface area contributed by atoms with Crippen LogP contribution in [0.1, 0.15) is 119 Å². The van der Waals surface area contributed by atoms with Gasteiger partial charge >= 0.3 is 0 Å². The van der Waals surface area contributed by atoms with Gasteiger partial charge in [0.15, 0.2) is 5.82 Å². The third kappa shape index (κ3) is 6.50. The molecule has 1 atom stereocenters. The van der Waals surface area contributed by atoms with E-state index < -0.39 is 36.1 Å². The highest BCUT2D eigenvalue weighted by molar-refractivity contribution is 6.23. The van der Waals surface area contributed by atoms with Gasteiger partial charge in [0, 0.05) is 93.2 Å². The second kappa shape index (κ2) is 14.7. The first kappa shape index (κ1) is 38.9. The van der Waals surface area contributed by atoms with Gasteiger partial charge in [-0.2, -0.15) is 10.2 Å². The van der Waals surface area contributed by atoms with Crippen LogP contribution in [0.5, 0.6) is 0 Å². The largest absolute Gasteiger partial charge is 0.338 e. The molecule has 1 N–H and O–H groups in total. The van der Waals surface area contributed by atoms with Gasteiger partial charge in [-0.25, -0.2) is 8.78 Å². The number of anilines is 2. The predicted octanol–water partition coefficient (Wildman–Crippen LogP) is 4.89. The molecule has 4 aromatic rings. The summed E-state index contributed by atoms with van der Waals surface area (Å²) in [5.74, 6) is -1.80. The Hall–Kier alpha value is -6.26. The van der Waals surface area contributed by atoms with E-state index in [4.69, 9.17) is 5.10 Å². The Morgan fingerprint density at radius 2 is 1.52 bits per heavy atom. The van der Waals surface area contributed by atoms with Crippen LogP contribution in [0.15, 0.2) is 36.7 Å². The number of nitrogens with zero attached hydrogens (tertiary/aromatic N) is 8. The lowest BCUT2D eigenvalue weighted by molar-refractivity contribution is -0.138. The summed E-state index contributed by atoms with van der Waals surface area (Å²) in [6.07, 6.45) is 5.58. The molecule has 7 heterocycles. The van der Waals surface area contributed by atoms with E-state index in [-0.39, 0.29) is 53.3 Å². The first-order valence-corrected chi connectivity index (χ1v) is 21.1. The van der Waals surface area contributed by atoms with Crippen LogP contribution in [0, 0.1) is 5.92 Å². The fourth-order valence-electron chi connectivity index (χ4n) is 10.4. The number of piperidine rings is 1. The highest BCUT2D eigenvalue weighted by atomic mass is 19.3. The second-order valence-corrected chi connectivity index (χ2v) is 17.2. The molecule has 61 heavy (non-hydrogen) atoms. The summed E-state index contributed by atoms with van der Waals surface area (Å²) >= 11 is 0. The standard InChI is InChI=1S/C44H45F2N9O6/c1-23(56)51-13-11-35-34(22-51)40(53-12-3-4-25-14-30(28-18-47-50(2)19-28)31(39(45)46)17-37(25)53)49-55(35)29-7-5-24(6-8-29)42(59)52-20-26-15-32-33(16-27(26)21-52)44(61)54(43(32)60)36-9-10-38(57)48-41(36)58/h14-19,24,29,36,39H,3-13,20-22H2,1-2H3,(H,48,57,58). The molecule has 1 saturated heterocycles. The Labute approximate surface area is 349 Å². The Morgan fingerprint density at radius 3 is 2.16 bits per heavy atom. The smallest absolute Gasteiger partial charge is 0.264 e. The number of fused-ring (bicyclic) bond motifs is 4. The van der Waals surface area contributed by atoms with Crippen molar-refractivity contribution in [1.82, 2.24) is 39.6 Å². The van der Waals surface area contributed by atoms with Gasteiger partial charge in [0.1, 0.15) is 6.04 Å². The molecular weight excluding hydrogens is 789 g/mol. The minimum Gasteiger partial charge on any atom is -0.338 e. The number of halogens is 2. The number of hydrogen-bond donors (Lipinski definition) is 1. The first-order chi connectivity index (χ1) is 29.3. The maximum Gasteiger partial charge on any atom is 0.264 e. The van der Waals surface area contributed by atoms with Crippen molar-refractivity contribution in [3.05, 3.63) is 81.3 Å². The molecule has 15 nitrogen and oxygen atoms in total. The Morgan fingerprint density at radius 1 is 0.820 bits per heavy atom. The van der Waals surface area contributed by atoms with Crippen molar-refractivity contribution in [2.45, 2.75) is 103 Å². The summed E-state index contributed by atoms with van der Waals surface area (Å²) in [7, 11) is 1.76. The minimum absolute atomic E-state index is 0.00681. The molecule has 5 aliphatic heterocycles. The zero-order valence-corrected chi connectivity index (χ0v) is 34.0. The molecule has 0 bridgehead atoms. The fraction of sp³-hybridized carbons (Fsp3) is 0.455. The second-order valence-electron chi connectivity index (χ2n) is 17.2.